The number of hydrogen-bond acceptors (Lipinski definition) is 2. The molecule has 1 aliphatic carbocycles. The largest absolute Gasteiger partial charge is 0.396 e. The zero-order chi connectivity index (χ0) is 11.9. The van der Waals surface area contributed by atoms with Gasteiger partial charge in [0.1, 0.15) is 0 Å². The summed E-state index contributed by atoms with van der Waals surface area (Å²) in [5.41, 5.74) is 1.29. The lowest BCUT2D eigenvalue weighted by molar-refractivity contribution is -0.148. The van der Waals surface area contributed by atoms with Crippen molar-refractivity contribution < 1.29 is 9.84 Å². The number of allylic oxidation sites excluding steroid dienone is 1. The predicted molar refractivity (Wildman–Crippen MR) is 65.0 cm³/mol. The van der Waals surface area contributed by atoms with Crippen molar-refractivity contribution in [1.29, 1.82) is 0 Å². The standard InChI is InChI=1S/C14H22O2/c1-5-12-13-9(2)6-10(3)14(7-15,8-16-12)11(13)4/h5-6,10-13,15H,1,7-8H2,2-4H3/t10-,11-,12+,13-,14+/m1/s1. The van der Waals surface area contributed by atoms with Crippen molar-refractivity contribution in [1.82, 2.24) is 0 Å². The van der Waals surface area contributed by atoms with Crippen LogP contribution in [0.4, 0.5) is 0 Å². The average molecular weight is 222 g/mol. The van der Waals surface area contributed by atoms with Crippen LogP contribution in [0.5, 0.6) is 0 Å². The second-order valence-electron chi connectivity index (χ2n) is 5.42. The molecule has 0 aromatic carbocycles. The molecule has 2 bridgehead atoms. The molecule has 0 aromatic heterocycles. The van der Waals surface area contributed by atoms with Crippen LogP contribution in [0.2, 0.25) is 0 Å². The van der Waals surface area contributed by atoms with Gasteiger partial charge in [-0.25, -0.2) is 0 Å². The van der Waals surface area contributed by atoms with Gasteiger partial charge in [-0.05, 0) is 18.8 Å². The minimum absolute atomic E-state index is 0.0936. The molecule has 16 heavy (non-hydrogen) atoms. The normalized spacial score (nSPS) is 47.4. The topological polar surface area (TPSA) is 29.5 Å². The number of rotatable bonds is 2. The van der Waals surface area contributed by atoms with Crippen molar-refractivity contribution in [3.63, 3.8) is 0 Å². The Hall–Kier alpha value is -0.600. The maximum Gasteiger partial charge on any atom is 0.0821 e. The van der Waals surface area contributed by atoms with Gasteiger partial charge >= 0.3 is 0 Å². The fraction of sp³-hybridized carbons (Fsp3) is 0.714. The van der Waals surface area contributed by atoms with Crippen molar-refractivity contribution >= 4 is 0 Å². The van der Waals surface area contributed by atoms with E-state index in [1.165, 1.54) is 5.57 Å². The fourth-order valence-corrected chi connectivity index (χ4v) is 3.55. The smallest absolute Gasteiger partial charge is 0.0821 e. The molecule has 0 saturated carbocycles. The van der Waals surface area contributed by atoms with E-state index in [0.717, 1.165) is 0 Å². The molecule has 2 nitrogen and oxygen atoms in total. The fourth-order valence-electron chi connectivity index (χ4n) is 3.55. The summed E-state index contributed by atoms with van der Waals surface area (Å²) < 4.78 is 5.88. The van der Waals surface area contributed by atoms with E-state index in [1.807, 2.05) is 6.08 Å². The van der Waals surface area contributed by atoms with Crippen LogP contribution in [-0.4, -0.2) is 24.4 Å². The summed E-state index contributed by atoms with van der Waals surface area (Å²) in [6.45, 7) is 11.3. The maximum atomic E-state index is 9.74. The highest BCUT2D eigenvalue weighted by molar-refractivity contribution is 5.22. The molecule has 0 amide bonds. The van der Waals surface area contributed by atoms with Crippen molar-refractivity contribution in [3.8, 4) is 0 Å². The van der Waals surface area contributed by atoms with Crippen LogP contribution in [0, 0.1) is 23.2 Å². The van der Waals surface area contributed by atoms with Crippen LogP contribution in [0.15, 0.2) is 24.3 Å². The van der Waals surface area contributed by atoms with E-state index in [1.54, 1.807) is 0 Å². The monoisotopic (exact) mass is 222 g/mol. The van der Waals surface area contributed by atoms with Gasteiger partial charge in [0, 0.05) is 11.3 Å². The van der Waals surface area contributed by atoms with Crippen LogP contribution < -0.4 is 0 Å². The van der Waals surface area contributed by atoms with E-state index in [4.69, 9.17) is 4.74 Å². The zero-order valence-corrected chi connectivity index (χ0v) is 10.4. The Morgan fingerprint density at radius 1 is 1.62 bits per heavy atom. The molecule has 1 saturated heterocycles. The Morgan fingerprint density at radius 2 is 2.31 bits per heavy atom. The molecule has 5 atom stereocenters. The van der Waals surface area contributed by atoms with E-state index in [-0.39, 0.29) is 18.1 Å². The number of hydrogen-bond donors (Lipinski definition) is 1. The maximum absolute atomic E-state index is 9.74. The van der Waals surface area contributed by atoms with Crippen molar-refractivity contribution in [2.45, 2.75) is 26.9 Å². The van der Waals surface area contributed by atoms with E-state index < -0.39 is 0 Å². The first kappa shape index (κ1) is 11.9. The summed E-state index contributed by atoms with van der Waals surface area (Å²) in [5, 5.41) is 9.74. The number of fused-ring (bicyclic) bond motifs is 2. The third kappa shape index (κ3) is 1.40. The molecule has 1 heterocycles. The Bertz CT molecular complexity index is 321. The highest BCUT2D eigenvalue weighted by Crippen LogP contribution is 2.52. The van der Waals surface area contributed by atoms with Crippen LogP contribution in [0.1, 0.15) is 20.8 Å². The molecule has 2 aliphatic rings. The number of aliphatic hydroxyl groups excluding tert-OH is 1. The molecule has 1 fully saturated rings. The van der Waals surface area contributed by atoms with Gasteiger partial charge in [-0.15, -0.1) is 6.58 Å². The first-order valence-corrected chi connectivity index (χ1v) is 6.10. The summed E-state index contributed by atoms with van der Waals surface area (Å²) in [4.78, 5) is 0. The van der Waals surface area contributed by atoms with Crippen molar-refractivity contribution in [3.05, 3.63) is 24.3 Å². The van der Waals surface area contributed by atoms with Crippen molar-refractivity contribution in [2.24, 2.45) is 23.2 Å². The Labute approximate surface area is 98.0 Å². The summed E-state index contributed by atoms with van der Waals surface area (Å²) in [6.07, 6.45) is 4.31. The lowest BCUT2D eigenvalue weighted by Crippen LogP contribution is -2.55. The third-order valence-electron chi connectivity index (χ3n) is 4.82. The molecular weight excluding hydrogens is 200 g/mol. The second-order valence-corrected chi connectivity index (χ2v) is 5.42. The van der Waals surface area contributed by atoms with Crippen LogP contribution >= 0.6 is 0 Å². The first-order chi connectivity index (χ1) is 7.56. The third-order valence-corrected chi connectivity index (χ3v) is 4.82. The quantitative estimate of drug-likeness (QED) is 0.727. The molecule has 0 aromatic rings. The van der Waals surface area contributed by atoms with Crippen molar-refractivity contribution in [2.75, 3.05) is 13.2 Å². The minimum atomic E-state index is -0.0936. The average Bonchev–Trinajstić information content (AvgIpc) is 2.26. The summed E-state index contributed by atoms with van der Waals surface area (Å²) in [7, 11) is 0. The summed E-state index contributed by atoms with van der Waals surface area (Å²) >= 11 is 0. The summed E-state index contributed by atoms with van der Waals surface area (Å²) in [5.74, 6) is 1.22. The Morgan fingerprint density at radius 3 is 2.88 bits per heavy atom. The minimum Gasteiger partial charge on any atom is -0.396 e. The molecule has 0 radical (unpaired) electrons. The van der Waals surface area contributed by atoms with Gasteiger partial charge in [-0.3, -0.25) is 0 Å². The molecular formula is C14H22O2. The van der Waals surface area contributed by atoms with Gasteiger partial charge in [-0.1, -0.05) is 31.6 Å². The van der Waals surface area contributed by atoms with Crippen LogP contribution in [0.25, 0.3) is 0 Å². The lowest BCUT2D eigenvalue weighted by Gasteiger charge is -2.54. The summed E-state index contributed by atoms with van der Waals surface area (Å²) in [6, 6.07) is 0. The van der Waals surface area contributed by atoms with E-state index in [0.29, 0.717) is 24.4 Å². The van der Waals surface area contributed by atoms with E-state index in [2.05, 4.69) is 33.4 Å². The second kappa shape index (κ2) is 4.01. The van der Waals surface area contributed by atoms with E-state index >= 15 is 0 Å². The molecule has 2 heteroatoms. The molecule has 90 valence electrons. The van der Waals surface area contributed by atoms with Gasteiger partial charge in [0.2, 0.25) is 0 Å². The molecule has 1 N–H and O–H groups in total. The zero-order valence-electron chi connectivity index (χ0n) is 10.4. The van der Waals surface area contributed by atoms with Crippen LogP contribution in [-0.2, 0) is 4.74 Å². The van der Waals surface area contributed by atoms with Gasteiger partial charge in [0.25, 0.3) is 0 Å². The molecule has 1 aliphatic heterocycles. The highest BCUT2D eigenvalue weighted by Gasteiger charge is 2.52. The highest BCUT2D eigenvalue weighted by atomic mass is 16.5. The van der Waals surface area contributed by atoms with Crippen LogP contribution in [0.3, 0.4) is 0 Å². The SMILES string of the molecule is C=C[C@@H]1OC[C@@]2(CO)[C@H](C)C=C(C)[C@@H]1[C@H]2C. The first-order valence-electron chi connectivity index (χ1n) is 6.10. The Balaban J connectivity index is 2.44. The molecule has 0 spiro atoms. The number of ether oxygens (including phenoxy) is 1. The van der Waals surface area contributed by atoms with E-state index in [9.17, 15) is 5.11 Å². The molecule has 2 rings (SSSR count). The van der Waals surface area contributed by atoms with Gasteiger partial charge < -0.3 is 9.84 Å². The van der Waals surface area contributed by atoms with Gasteiger partial charge in [0.05, 0.1) is 19.3 Å². The van der Waals surface area contributed by atoms with Gasteiger partial charge in [-0.2, -0.15) is 0 Å². The number of aliphatic hydroxyl groups is 1. The predicted octanol–water partition coefficient (Wildman–Crippen LogP) is 2.40. The molecule has 0 unspecified atom stereocenters. The Kier molecular flexibility index (Phi) is 2.97. The lowest BCUT2D eigenvalue weighted by atomic mass is 9.56. The van der Waals surface area contributed by atoms with Gasteiger partial charge in [0.15, 0.2) is 0 Å².